The topological polar surface area (TPSA) is 26.3 Å². The number of benzene rings is 1. The number of hydrogen-bond donors (Lipinski definition) is 1. The normalized spacial score (nSPS) is 9.77. The molecule has 0 fully saturated rings. The fraction of sp³-hybridized carbons (Fsp3) is 0.222. The van der Waals surface area contributed by atoms with Gasteiger partial charge in [-0.1, -0.05) is 17.7 Å². The van der Waals surface area contributed by atoms with Crippen LogP contribution in [0.15, 0.2) is 18.2 Å². The first-order chi connectivity index (χ1) is 6.09. The van der Waals surface area contributed by atoms with E-state index in [2.05, 4.69) is 12.6 Å². The van der Waals surface area contributed by atoms with E-state index in [-0.39, 0.29) is 11.7 Å². The Morgan fingerprint density at radius 2 is 2.31 bits per heavy atom. The molecule has 0 radical (unpaired) electrons. The molecular weight excluding hydrogens is 208 g/mol. The summed E-state index contributed by atoms with van der Waals surface area (Å²) in [7, 11) is 0. The second-order valence-corrected chi connectivity index (χ2v) is 3.53. The number of carbonyl (C=O) groups is 1. The van der Waals surface area contributed by atoms with E-state index in [1.54, 1.807) is 12.1 Å². The monoisotopic (exact) mass is 216 g/mol. The summed E-state index contributed by atoms with van der Waals surface area (Å²) in [5.41, 5.74) is 0.944. The smallest absolute Gasteiger partial charge is 0.223 e. The lowest BCUT2D eigenvalue weighted by Gasteiger charge is -2.06. The van der Waals surface area contributed by atoms with E-state index in [4.69, 9.17) is 16.3 Å². The van der Waals surface area contributed by atoms with Crippen molar-refractivity contribution in [3.8, 4) is 5.75 Å². The van der Waals surface area contributed by atoms with Gasteiger partial charge in [-0.3, -0.25) is 4.79 Å². The Bertz CT molecular complexity index is 325. The van der Waals surface area contributed by atoms with Gasteiger partial charge in [0.05, 0.1) is 0 Å². The summed E-state index contributed by atoms with van der Waals surface area (Å²) >= 11 is 9.34. The Morgan fingerprint density at radius 3 is 2.92 bits per heavy atom. The third-order valence-corrected chi connectivity index (χ3v) is 1.87. The van der Waals surface area contributed by atoms with Crippen LogP contribution >= 0.6 is 24.2 Å². The largest absolute Gasteiger partial charge is 0.485 e. The molecule has 0 heterocycles. The van der Waals surface area contributed by atoms with Crippen LogP contribution in [0.3, 0.4) is 0 Å². The van der Waals surface area contributed by atoms with Gasteiger partial charge >= 0.3 is 0 Å². The minimum absolute atomic E-state index is 0.0374. The van der Waals surface area contributed by atoms with Crippen molar-refractivity contribution in [2.75, 3.05) is 6.61 Å². The van der Waals surface area contributed by atoms with Crippen LogP contribution in [0, 0.1) is 6.92 Å². The highest BCUT2D eigenvalue weighted by Gasteiger charge is 2.01. The van der Waals surface area contributed by atoms with Crippen LogP contribution in [-0.4, -0.2) is 11.7 Å². The summed E-state index contributed by atoms with van der Waals surface area (Å²) < 4.78 is 5.17. The lowest BCUT2D eigenvalue weighted by molar-refractivity contribution is -0.112. The predicted octanol–water partition coefficient (Wildman–Crippen LogP) is 2.48. The summed E-state index contributed by atoms with van der Waals surface area (Å²) in [4.78, 5) is 10.5. The maximum Gasteiger partial charge on any atom is 0.223 e. The highest BCUT2D eigenvalue weighted by atomic mass is 35.5. The van der Waals surface area contributed by atoms with Crippen molar-refractivity contribution < 1.29 is 9.53 Å². The zero-order valence-electron chi connectivity index (χ0n) is 7.08. The van der Waals surface area contributed by atoms with E-state index in [9.17, 15) is 4.79 Å². The average Bonchev–Trinajstić information content (AvgIpc) is 2.06. The minimum Gasteiger partial charge on any atom is -0.485 e. The van der Waals surface area contributed by atoms with Crippen LogP contribution in [0.5, 0.6) is 5.75 Å². The highest BCUT2D eigenvalue weighted by Crippen LogP contribution is 2.22. The number of thiol groups is 1. The summed E-state index contributed by atoms with van der Waals surface area (Å²) in [6.07, 6.45) is 0. The number of rotatable bonds is 3. The van der Waals surface area contributed by atoms with Gasteiger partial charge in [0.1, 0.15) is 5.75 Å². The van der Waals surface area contributed by atoms with Gasteiger partial charge in [0.15, 0.2) is 6.61 Å². The number of carbonyl (C=O) groups excluding carboxylic acids is 1. The average molecular weight is 217 g/mol. The Labute approximate surface area is 87.3 Å². The lowest BCUT2D eigenvalue weighted by Crippen LogP contribution is -2.05. The SMILES string of the molecule is Cc1ccc(Cl)cc1OCC(=O)S. The molecule has 13 heavy (non-hydrogen) atoms. The highest BCUT2D eigenvalue weighted by molar-refractivity contribution is 7.96. The maximum absolute atomic E-state index is 10.5. The predicted molar refractivity (Wildman–Crippen MR) is 55.7 cm³/mol. The molecule has 1 aromatic carbocycles. The Balaban J connectivity index is 2.75. The fourth-order valence-corrected chi connectivity index (χ4v) is 1.10. The molecule has 0 aliphatic rings. The molecule has 70 valence electrons. The minimum atomic E-state index is -0.306. The Hall–Kier alpha value is -0.670. The third-order valence-electron chi connectivity index (χ3n) is 1.50. The zero-order chi connectivity index (χ0) is 9.84. The standard InChI is InChI=1S/C9H9ClO2S/c1-6-2-3-7(10)4-8(6)12-5-9(11)13/h2-4H,5H2,1H3,(H,11,13). The molecule has 0 bridgehead atoms. The summed E-state index contributed by atoms with van der Waals surface area (Å²) in [5, 5.41) is 0.284. The first kappa shape index (κ1) is 10.4. The van der Waals surface area contributed by atoms with E-state index >= 15 is 0 Å². The number of ether oxygens (including phenoxy) is 1. The molecule has 0 N–H and O–H groups in total. The van der Waals surface area contributed by atoms with Gasteiger partial charge in [0, 0.05) is 5.02 Å². The van der Waals surface area contributed by atoms with E-state index in [1.807, 2.05) is 13.0 Å². The van der Waals surface area contributed by atoms with Gasteiger partial charge in [-0.15, -0.1) is 12.6 Å². The summed E-state index contributed by atoms with van der Waals surface area (Å²) in [6, 6.07) is 5.28. The molecule has 0 unspecified atom stereocenters. The van der Waals surface area contributed by atoms with Crippen molar-refractivity contribution in [1.29, 1.82) is 0 Å². The van der Waals surface area contributed by atoms with E-state index < -0.39 is 0 Å². The fourth-order valence-electron chi connectivity index (χ4n) is 0.869. The molecule has 1 rings (SSSR count). The summed E-state index contributed by atoms with van der Waals surface area (Å²) in [5.74, 6) is 0.620. The molecule has 1 aromatic rings. The van der Waals surface area contributed by atoms with Gasteiger partial charge in [-0.2, -0.15) is 0 Å². The van der Waals surface area contributed by atoms with Gasteiger partial charge in [0.2, 0.25) is 5.12 Å². The molecule has 0 atom stereocenters. The number of hydrogen-bond acceptors (Lipinski definition) is 2. The molecular formula is C9H9ClO2S. The van der Waals surface area contributed by atoms with E-state index in [0.29, 0.717) is 10.8 Å². The van der Waals surface area contributed by atoms with Gasteiger partial charge in [-0.25, -0.2) is 0 Å². The van der Waals surface area contributed by atoms with Crippen LogP contribution in [-0.2, 0) is 4.79 Å². The van der Waals surface area contributed by atoms with Crippen molar-refractivity contribution in [3.05, 3.63) is 28.8 Å². The molecule has 4 heteroatoms. The second kappa shape index (κ2) is 4.53. The lowest BCUT2D eigenvalue weighted by atomic mass is 10.2. The number of aryl methyl sites for hydroxylation is 1. The van der Waals surface area contributed by atoms with Crippen molar-refractivity contribution >= 4 is 29.3 Å². The third kappa shape index (κ3) is 3.28. The van der Waals surface area contributed by atoms with Crippen molar-refractivity contribution in [2.45, 2.75) is 6.92 Å². The van der Waals surface area contributed by atoms with Crippen LogP contribution in [0.25, 0.3) is 0 Å². The van der Waals surface area contributed by atoms with Crippen molar-refractivity contribution in [3.63, 3.8) is 0 Å². The molecule has 0 spiro atoms. The second-order valence-electron chi connectivity index (χ2n) is 2.59. The molecule has 0 saturated heterocycles. The molecule has 0 amide bonds. The van der Waals surface area contributed by atoms with Crippen LogP contribution < -0.4 is 4.74 Å². The molecule has 0 saturated carbocycles. The van der Waals surface area contributed by atoms with Crippen LogP contribution in [0.2, 0.25) is 5.02 Å². The Morgan fingerprint density at radius 1 is 1.62 bits per heavy atom. The molecule has 0 aromatic heterocycles. The molecule has 0 aliphatic heterocycles. The van der Waals surface area contributed by atoms with Gasteiger partial charge < -0.3 is 4.74 Å². The first-order valence-corrected chi connectivity index (χ1v) is 4.53. The van der Waals surface area contributed by atoms with E-state index in [0.717, 1.165) is 5.56 Å². The molecule has 2 nitrogen and oxygen atoms in total. The van der Waals surface area contributed by atoms with Crippen LogP contribution in [0.4, 0.5) is 0 Å². The van der Waals surface area contributed by atoms with Gasteiger partial charge in [-0.05, 0) is 24.6 Å². The summed E-state index contributed by atoms with van der Waals surface area (Å²) in [6.45, 7) is 1.85. The zero-order valence-corrected chi connectivity index (χ0v) is 8.73. The van der Waals surface area contributed by atoms with Crippen molar-refractivity contribution in [2.24, 2.45) is 0 Å². The number of halogens is 1. The van der Waals surface area contributed by atoms with Gasteiger partial charge in [0.25, 0.3) is 0 Å². The quantitative estimate of drug-likeness (QED) is 0.786. The van der Waals surface area contributed by atoms with Crippen molar-refractivity contribution in [1.82, 2.24) is 0 Å². The molecule has 0 aliphatic carbocycles. The van der Waals surface area contributed by atoms with E-state index in [1.165, 1.54) is 0 Å². The first-order valence-electron chi connectivity index (χ1n) is 3.70. The maximum atomic E-state index is 10.5. The van der Waals surface area contributed by atoms with Crippen LogP contribution in [0.1, 0.15) is 5.56 Å². The Kier molecular flexibility index (Phi) is 3.63.